The van der Waals surface area contributed by atoms with Crippen LogP contribution in [0.1, 0.15) is 22.3 Å². The SMILES string of the molecule is Cc1ccccc1CNC(=O)N(C)Cc1ccccc1C. The molecule has 0 unspecified atom stereocenters. The molecule has 21 heavy (non-hydrogen) atoms. The van der Waals surface area contributed by atoms with Crippen molar-refractivity contribution in [2.24, 2.45) is 0 Å². The van der Waals surface area contributed by atoms with Gasteiger partial charge in [0.1, 0.15) is 0 Å². The minimum Gasteiger partial charge on any atom is -0.334 e. The molecule has 0 heterocycles. The summed E-state index contributed by atoms with van der Waals surface area (Å²) in [5.41, 5.74) is 4.72. The van der Waals surface area contributed by atoms with Gasteiger partial charge in [-0.15, -0.1) is 0 Å². The highest BCUT2D eigenvalue weighted by molar-refractivity contribution is 5.73. The Hall–Kier alpha value is -2.29. The highest BCUT2D eigenvalue weighted by atomic mass is 16.2. The standard InChI is InChI=1S/C18H22N2O/c1-14-8-4-6-10-16(14)12-19-18(21)20(3)13-17-11-7-5-9-15(17)2/h4-11H,12-13H2,1-3H3,(H,19,21). The molecule has 0 aliphatic carbocycles. The van der Waals surface area contributed by atoms with Crippen LogP contribution in [0.15, 0.2) is 48.5 Å². The number of nitrogens with one attached hydrogen (secondary N) is 1. The molecule has 0 fully saturated rings. The first-order chi connectivity index (χ1) is 10.1. The fourth-order valence-corrected chi connectivity index (χ4v) is 2.23. The minimum absolute atomic E-state index is 0.0542. The smallest absolute Gasteiger partial charge is 0.317 e. The number of carbonyl (C=O) groups excluding carboxylic acids is 1. The molecule has 2 aromatic rings. The quantitative estimate of drug-likeness (QED) is 0.912. The molecule has 2 aromatic carbocycles. The molecule has 0 bridgehead atoms. The molecular formula is C18H22N2O. The van der Waals surface area contributed by atoms with E-state index in [1.807, 2.05) is 37.4 Å². The Balaban J connectivity index is 1.91. The number of rotatable bonds is 4. The average molecular weight is 282 g/mol. The summed E-state index contributed by atoms with van der Waals surface area (Å²) < 4.78 is 0. The van der Waals surface area contributed by atoms with Gasteiger partial charge in [-0.3, -0.25) is 0 Å². The van der Waals surface area contributed by atoms with Crippen LogP contribution in [0.4, 0.5) is 4.79 Å². The number of hydrogen-bond donors (Lipinski definition) is 1. The molecule has 0 radical (unpaired) electrons. The van der Waals surface area contributed by atoms with Crippen molar-refractivity contribution >= 4 is 6.03 Å². The number of nitrogens with zero attached hydrogens (tertiary/aromatic N) is 1. The number of urea groups is 1. The third kappa shape index (κ3) is 4.09. The third-order valence-corrected chi connectivity index (χ3v) is 3.71. The number of amides is 2. The van der Waals surface area contributed by atoms with Crippen LogP contribution in [-0.4, -0.2) is 18.0 Å². The van der Waals surface area contributed by atoms with Crippen LogP contribution < -0.4 is 5.32 Å². The molecule has 3 nitrogen and oxygen atoms in total. The zero-order valence-corrected chi connectivity index (χ0v) is 12.9. The lowest BCUT2D eigenvalue weighted by Crippen LogP contribution is -2.36. The second-order valence-electron chi connectivity index (χ2n) is 5.37. The van der Waals surface area contributed by atoms with Gasteiger partial charge in [-0.25, -0.2) is 4.79 Å². The van der Waals surface area contributed by atoms with Crippen molar-refractivity contribution in [2.45, 2.75) is 26.9 Å². The number of carbonyl (C=O) groups is 1. The Morgan fingerprint density at radius 2 is 1.48 bits per heavy atom. The summed E-state index contributed by atoms with van der Waals surface area (Å²) >= 11 is 0. The molecule has 0 spiro atoms. The fourth-order valence-electron chi connectivity index (χ4n) is 2.23. The highest BCUT2D eigenvalue weighted by Gasteiger charge is 2.10. The second-order valence-corrected chi connectivity index (χ2v) is 5.37. The van der Waals surface area contributed by atoms with Crippen molar-refractivity contribution in [3.05, 3.63) is 70.8 Å². The van der Waals surface area contributed by atoms with Crippen LogP contribution in [0, 0.1) is 13.8 Å². The van der Waals surface area contributed by atoms with E-state index in [1.54, 1.807) is 4.90 Å². The van der Waals surface area contributed by atoms with Crippen LogP contribution >= 0.6 is 0 Å². The van der Waals surface area contributed by atoms with Crippen LogP contribution in [0.2, 0.25) is 0 Å². The van der Waals surface area contributed by atoms with E-state index >= 15 is 0 Å². The van der Waals surface area contributed by atoms with Gasteiger partial charge in [-0.05, 0) is 36.1 Å². The van der Waals surface area contributed by atoms with Gasteiger partial charge in [-0.2, -0.15) is 0 Å². The topological polar surface area (TPSA) is 32.3 Å². The zero-order chi connectivity index (χ0) is 15.2. The average Bonchev–Trinajstić information content (AvgIpc) is 2.48. The van der Waals surface area contributed by atoms with Crippen molar-refractivity contribution in [3.63, 3.8) is 0 Å². The van der Waals surface area contributed by atoms with Crippen molar-refractivity contribution in [3.8, 4) is 0 Å². The summed E-state index contributed by atoms with van der Waals surface area (Å²) in [4.78, 5) is 13.9. The van der Waals surface area contributed by atoms with Crippen molar-refractivity contribution in [1.82, 2.24) is 10.2 Å². The second kappa shape index (κ2) is 6.93. The third-order valence-electron chi connectivity index (χ3n) is 3.71. The maximum Gasteiger partial charge on any atom is 0.317 e. The first-order valence-corrected chi connectivity index (χ1v) is 7.16. The summed E-state index contributed by atoms with van der Waals surface area (Å²) in [5.74, 6) is 0. The molecule has 0 saturated carbocycles. The predicted octanol–water partition coefficient (Wildman–Crippen LogP) is 3.65. The predicted molar refractivity (Wildman–Crippen MR) is 86.1 cm³/mol. The van der Waals surface area contributed by atoms with Gasteiger partial charge < -0.3 is 10.2 Å². The van der Waals surface area contributed by atoms with Gasteiger partial charge in [0.05, 0.1) is 0 Å². The number of benzene rings is 2. The lowest BCUT2D eigenvalue weighted by atomic mass is 10.1. The van der Waals surface area contributed by atoms with E-state index in [1.165, 1.54) is 16.7 Å². The van der Waals surface area contributed by atoms with Gasteiger partial charge in [-0.1, -0.05) is 48.5 Å². The van der Waals surface area contributed by atoms with E-state index in [2.05, 4.69) is 37.4 Å². The van der Waals surface area contributed by atoms with Crippen molar-refractivity contribution in [1.29, 1.82) is 0 Å². The number of aryl methyl sites for hydroxylation is 2. The zero-order valence-electron chi connectivity index (χ0n) is 12.9. The molecule has 0 aromatic heterocycles. The van der Waals surface area contributed by atoms with Crippen LogP contribution in [-0.2, 0) is 13.1 Å². The van der Waals surface area contributed by atoms with E-state index in [0.29, 0.717) is 13.1 Å². The maximum absolute atomic E-state index is 12.2. The molecule has 110 valence electrons. The number of hydrogen-bond acceptors (Lipinski definition) is 1. The first-order valence-electron chi connectivity index (χ1n) is 7.16. The van der Waals surface area contributed by atoms with E-state index in [9.17, 15) is 4.79 Å². The summed E-state index contributed by atoms with van der Waals surface area (Å²) in [7, 11) is 1.82. The van der Waals surface area contributed by atoms with Crippen molar-refractivity contribution < 1.29 is 4.79 Å². The van der Waals surface area contributed by atoms with Crippen LogP contribution in [0.25, 0.3) is 0 Å². The summed E-state index contributed by atoms with van der Waals surface area (Å²) in [6.07, 6.45) is 0. The molecule has 2 amide bonds. The Morgan fingerprint density at radius 3 is 2.05 bits per heavy atom. The molecular weight excluding hydrogens is 260 g/mol. The Labute approximate surface area is 126 Å². The highest BCUT2D eigenvalue weighted by Crippen LogP contribution is 2.10. The first kappa shape index (κ1) is 15.1. The molecule has 0 aliphatic heterocycles. The molecule has 0 aliphatic rings. The van der Waals surface area contributed by atoms with E-state index in [0.717, 1.165) is 5.56 Å². The van der Waals surface area contributed by atoms with Gasteiger partial charge in [0.25, 0.3) is 0 Å². The molecule has 3 heteroatoms. The van der Waals surface area contributed by atoms with Crippen LogP contribution in [0.5, 0.6) is 0 Å². The van der Waals surface area contributed by atoms with Gasteiger partial charge in [0.15, 0.2) is 0 Å². The Morgan fingerprint density at radius 1 is 0.952 bits per heavy atom. The Kier molecular flexibility index (Phi) is 4.99. The summed E-state index contributed by atoms with van der Waals surface area (Å²) in [6.45, 7) is 5.29. The summed E-state index contributed by atoms with van der Waals surface area (Å²) in [6, 6.07) is 16.2. The Bertz CT molecular complexity index is 622. The van der Waals surface area contributed by atoms with E-state index in [4.69, 9.17) is 0 Å². The normalized spacial score (nSPS) is 10.2. The molecule has 1 N–H and O–H groups in total. The van der Waals surface area contributed by atoms with Crippen LogP contribution in [0.3, 0.4) is 0 Å². The van der Waals surface area contributed by atoms with Gasteiger partial charge in [0, 0.05) is 20.1 Å². The van der Waals surface area contributed by atoms with Gasteiger partial charge in [0.2, 0.25) is 0 Å². The van der Waals surface area contributed by atoms with E-state index < -0.39 is 0 Å². The van der Waals surface area contributed by atoms with Gasteiger partial charge >= 0.3 is 6.03 Å². The summed E-state index contributed by atoms with van der Waals surface area (Å²) in [5, 5.41) is 2.97. The fraction of sp³-hybridized carbons (Fsp3) is 0.278. The molecule has 0 saturated heterocycles. The monoisotopic (exact) mass is 282 g/mol. The largest absolute Gasteiger partial charge is 0.334 e. The maximum atomic E-state index is 12.2. The van der Waals surface area contributed by atoms with Crippen molar-refractivity contribution in [2.75, 3.05) is 7.05 Å². The molecule has 2 rings (SSSR count). The van der Waals surface area contributed by atoms with E-state index in [-0.39, 0.29) is 6.03 Å². The minimum atomic E-state index is -0.0542. The lowest BCUT2D eigenvalue weighted by molar-refractivity contribution is 0.206. The molecule has 0 atom stereocenters. The lowest BCUT2D eigenvalue weighted by Gasteiger charge is -2.19.